The van der Waals surface area contributed by atoms with Gasteiger partial charge < -0.3 is 30.1 Å². The molecule has 0 saturated carbocycles. The highest BCUT2D eigenvalue weighted by Crippen LogP contribution is 2.61. The number of nitrogens with two attached hydrogens (primary N) is 1. The summed E-state index contributed by atoms with van der Waals surface area (Å²) in [6, 6.07) is 1.97. The van der Waals surface area contributed by atoms with Crippen molar-refractivity contribution in [3.63, 3.8) is 0 Å². The lowest BCUT2D eigenvalue weighted by molar-refractivity contribution is 0.211. The van der Waals surface area contributed by atoms with Crippen LogP contribution in [-0.4, -0.2) is 28.5 Å². The fraction of sp³-hybridized carbons (Fsp3) is 0.455. The molecule has 8 heteroatoms. The van der Waals surface area contributed by atoms with Gasteiger partial charge >= 0.3 is 7.60 Å². The predicted molar refractivity (Wildman–Crippen MR) is 69.2 cm³/mol. The topological polar surface area (TPSA) is 122 Å². The number of hydrogen-bond donors (Lipinski definition) is 4. The standard InChI is InChI=1S/C11H18NO6P/c1-3-17-19(16,18-4-2)11(12)10-8(14)5-7(13)6-9(10)15/h5-6,11,13-15H,3-4,12H2,1-2H3/t11-/m0/s1. The van der Waals surface area contributed by atoms with E-state index in [1.165, 1.54) is 0 Å². The summed E-state index contributed by atoms with van der Waals surface area (Å²) < 4.78 is 22.5. The van der Waals surface area contributed by atoms with Gasteiger partial charge in [-0.2, -0.15) is 0 Å². The third-order valence-corrected chi connectivity index (χ3v) is 4.55. The van der Waals surface area contributed by atoms with Crippen molar-refractivity contribution in [3.8, 4) is 17.2 Å². The third kappa shape index (κ3) is 3.39. The van der Waals surface area contributed by atoms with Gasteiger partial charge in [-0.3, -0.25) is 4.57 Å². The van der Waals surface area contributed by atoms with E-state index in [-0.39, 0.29) is 24.5 Å². The number of phenolic OH excluding ortho intramolecular Hbond substituents is 3. The van der Waals surface area contributed by atoms with Crippen LogP contribution in [-0.2, 0) is 13.6 Å². The molecule has 0 heterocycles. The van der Waals surface area contributed by atoms with E-state index in [9.17, 15) is 19.9 Å². The molecule has 0 bridgehead atoms. The van der Waals surface area contributed by atoms with Crippen LogP contribution in [0.15, 0.2) is 12.1 Å². The lowest BCUT2D eigenvalue weighted by Gasteiger charge is -2.24. The molecule has 0 aliphatic heterocycles. The largest absolute Gasteiger partial charge is 0.508 e. The average Bonchev–Trinajstić information content (AvgIpc) is 2.27. The highest BCUT2D eigenvalue weighted by molar-refractivity contribution is 7.54. The van der Waals surface area contributed by atoms with Crippen LogP contribution in [0.2, 0.25) is 0 Å². The van der Waals surface area contributed by atoms with Gasteiger partial charge in [0.15, 0.2) is 0 Å². The summed E-state index contributed by atoms with van der Waals surface area (Å²) in [6.45, 7) is 3.44. The first-order chi connectivity index (χ1) is 8.85. The van der Waals surface area contributed by atoms with Gasteiger partial charge in [-0.15, -0.1) is 0 Å². The Balaban J connectivity index is 3.24. The van der Waals surface area contributed by atoms with Gasteiger partial charge in [-0.25, -0.2) is 0 Å². The first-order valence-corrected chi connectivity index (χ1v) is 7.36. The molecule has 0 saturated heterocycles. The van der Waals surface area contributed by atoms with Crippen LogP contribution >= 0.6 is 7.60 Å². The lowest BCUT2D eigenvalue weighted by atomic mass is 10.1. The molecule has 0 aliphatic rings. The number of hydrogen-bond acceptors (Lipinski definition) is 7. The maximum Gasteiger partial charge on any atom is 0.352 e. The number of aromatic hydroxyl groups is 3. The summed E-state index contributed by atoms with van der Waals surface area (Å²) >= 11 is 0. The average molecular weight is 291 g/mol. The van der Waals surface area contributed by atoms with E-state index in [2.05, 4.69) is 0 Å². The summed E-state index contributed by atoms with van der Waals surface area (Å²) in [5, 5.41) is 28.6. The molecule has 0 aliphatic carbocycles. The number of phenols is 3. The van der Waals surface area contributed by atoms with Crippen LogP contribution in [0.1, 0.15) is 25.2 Å². The van der Waals surface area contributed by atoms with Crippen LogP contribution < -0.4 is 5.73 Å². The van der Waals surface area contributed by atoms with Gasteiger partial charge in [0.05, 0.1) is 18.8 Å². The molecule has 0 amide bonds. The van der Waals surface area contributed by atoms with Gasteiger partial charge in [0, 0.05) is 12.1 Å². The van der Waals surface area contributed by atoms with Crippen LogP contribution in [0, 0.1) is 0 Å². The van der Waals surface area contributed by atoms with Crippen LogP contribution in [0.25, 0.3) is 0 Å². The molecule has 108 valence electrons. The van der Waals surface area contributed by atoms with Crippen molar-refractivity contribution in [2.75, 3.05) is 13.2 Å². The fourth-order valence-corrected chi connectivity index (χ4v) is 3.32. The Morgan fingerprint density at radius 3 is 1.95 bits per heavy atom. The zero-order valence-corrected chi connectivity index (χ0v) is 11.6. The molecule has 1 atom stereocenters. The van der Waals surface area contributed by atoms with E-state index < -0.39 is 24.9 Å². The highest BCUT2D eigenvalue weighted by atomic mass is 31.2. The first-order valence-electron chi connectivity index (χ1n) is 5.75. The van der Waals surface area contributed by atoms with Gasteiger partial charge in [0.1, 0.15) is 23.0 Å². The monoisotopic (exact) mass is 291 g/mol. The number of rotatable bonds is 6. The van der Waals surface area contributed by atoms with E-state index in [0.29, 0.717) is 0 Å². The molecule has 1 rings (SSSR count). The second-order valence-corrected chi connectivity index (χ2v) is 5.87. The van der Waals surface area contributed by atoms with E-state index in [4.69, 9.17) is 14.8 Å². The molecule has 7 nitrogen and oxygen atoms in total. The Kier molecular flexibility index (Phi) is 5.20. The van der Waals surface area contributed by atoms with E-state index in [0.717, 1.165) is 12.1 Å². The minimum Gasteiger partial charge on any atom is -0.508 e. The first kappa shape index (κ1) is 15.8. The fourth-order valence-electron chi connectivity index (χ4n) is 1.63. The molecular weight excluding hydrogens is 273 g/mol. The second-order valence-electron chi connectivity index (χ2n) is 3.72. The van der Waals surface area contributed by atoms with Crippen molar-refractivity contribution < 1.29 is 28.9 Å². The van der Waals surface area contributed by atoms with E-state index in [1.807, 2.05) is 0 Å². The summed E-state index contributed by atoms with van der Waals surface area (Å²) in [7, 11) is -3.73. The van der Waals surface area contributed by atoms with Gasteiger partial charge in [0.2, 0.25) is 0 Å². The van der Waals surface area contributed by atoms with Crippen molar-refractivity contribution in [2.45, 2.75) is 19.6 Å². The highest BCUT2D eigenvalue weighted by Gasteiger charge is 2.37. The van der Waals surface area contributed by atoms with Crippen molar-refractivity contribution >= 4 is 7.60 Å². The second kappa shape index (κ2) is 6.25. The molecule has 0 spiro atoms. The van der Waals surface area contributed by atoms with E-state index >= 15 is 0 Å². The van der Waals surface area contributed by atoms with Crippen LogP contribution in [0.4, 0.5) is 0 Å². The predicted octanol–water partition coefficient (Wildman–Crippen LogP) is 2.03. The van der Waals surface area contributed by atoms with Crippen molar-refractivity contribution in [3.05, 3.63) is 17.7 Å². The molecule has 0 radical (unpaired) electrons. The molecule has 0 fully saturated rings. The Morgan fingerprint density at radius 2 is 1.58 bits per heavy atom. The quantitative estimate of drug-likeness (QED) is 0.591. The van der Waals surface area contributed by atoms with Gasteiger partial charge in [0.25, 0.3) is 0 Å². The molecule has 0 unspecified atom stereocenters. The van der Waals surface area contributed by atoms with Gasteiger partial charge in [-0.1, -0.05) is 0 Å². The zero-order valence-electron chi connectivity index (χ0n) is 10.7. The maximum atomic E-state index is 12.4. The molecule has 0 aromatic heterocycles. The molecule has 5 N–H and O–H groups in total. The molecular formula is C11H18NO6P. The van der Waals surface area contributed by atoms with Crippen molar-refractivity contribution in [1.82, 2.24) is 0 Å². The minimum absolute atomic E-state index is 0.102. The summed E-state index contributed by atoms with van der Waals surface area (Å²) in [6.07, 6.45) is 0. The van der Waals surface area contributed by atoms with Crippen LogP contribution in [0.5, 0.6) is 17.2 Å². The molecule has 19 heavy (non-hydrogen) atoms. The Labute approximate surface area is 111 Å². The minimum atomic E-state index is -3.73. The van der Waals surface area contributed by atoms with Crippen molar-refractivity contribution in [2.24, 2.45) is 5.73 Å². The van der Waals surface area contributed by atoms with Gasteiger partial charge in [-0.05, 0) is 13.8 Å². The molecule has 1 aromatic rings. The Bertz CT molecular complexity index is 459. The smallest absolute Gasteiger partial charge is 0.352 e. The van der Waals surface area contributed by atoms with E-state index in [1.54, 1.807) is 13.8 Å². The third-order valence-electron chi connectivity index (χ3n) is 2.38. The number of benzene rings is 1. The maximum absolute atomic E-state index is 12.4. The summed E-state index contributed by atoms with van der Waals surface area (Å²) in [5.74, 6) is -2.66. The normalized spacial score (nSPS) is 13.4. The Morgan fingerprint density at radius 1 is 1.16 bits per heavy atom. The zero-order chi connectivity index (χ0) is 14.6. The lowest BCUT2D eigenvalue weighted by Crippen LogP contribution is -2.15. The SMILES string of the molecule is CCOP(=O)(OCC)[C@H](N)c1c(O)cc(O)cc1O. The summed E-state index contributed by atoms with van der Waals surface area (Å²) in [4.78, 5) is 0. The van der Waals surface area contributed by atoms with Crippen molar-refractivity contribution in [1.29, 1.82) is 0 Å². The summed E-state index contributed by atoms with van der Waals surface area (Å²) in [5.41, 5.74) is 5.59. The Hall–Kier alpha value is -1.27. The van der Waals surface area contributed by atoms with Crippen LogP contribution in [0.3, 0.4) is 0 Å². The molecule has 1 aromatic carbocycles.